The summed E-state index contributed by atoms with van der Waals surface area (Å²) >= 11 is 5.62. The SMILES string of the molecule is CC(C)Oc1ccccc1NCCCCl. The van der Waals surface area contributed by atoms with E-state index in [0.717, 1.165) is 24.4 Å². The van der Waals surface area contributed by atoms with E-state index in [-0.39, 0.29) is 6.10 Å². The highest BCUT2D eigenvalue weighted by atomic mass is 35.5. The van der Waals surface area contributed by atoms with Crippen LogP contribution >= 0.6 is 11.6 Å². The molecule has 0 aliphatic rings. The molecule has 1 aromatic carbocycles. The lowest BCUT2D eigenvalue weighted by Crippen LogP contribution is -2.09. The molecule has 0 heterocycles. The van der Waals surface area contributed by atoms with E-state index in [4.69, 9.17) is 16.3 Å². The summed E-state index contributed by atoms with van der Waals surface area (Å²) in [4.78, 5) is 0. The zero-order valence-electron chi connectivity index (χ0n) is 9.29. The van der Waals surface area contributed by atoms with Crippen LogP contribution in [-0.2, 0) is 0 Å². The molecule has 1 N–H and O–H groups in total. The second-order valence-corrected chi connectivity index (χ2v) is 4.01. The van der Waals surface area contributed by atoms with Gasteiger partial charge in [-0.05, 0) is 32.4 Å². The van der Waals surface area contributed by atoms with E-state index in [0.29, 0.717) is 5.88 Å². The van der Waals surface area contributed by atoms with E-state index >= 15 is 0 Å². The van der Waals surface area contributed by atoms with Crippen molar-refractivity contribution in [2.75, 3.05) is 17.7 Å². The Morgan fingerprint density at radius 3 is 2.73 bits per heavy atom. The maximum atomic E-state index is 5.68. The smallest absolute Gasteiger partial charge is 0.142 e. The fraction of sp³-hybridized carbons (Fsp3) is 0.500. The predicted molar refractivity (Wildman–Crippen MR) is 66.0 cm³/mol. The van der Waals surface area contributed by atoms with Gasteiger partial charge < -0.3 is 10.1 Å². The Labute approximate surface area is 96.6 Å². The quantitative estimate of drug-likeness (QED) is 0.593. The number of rotatable bonds is 6. The Kier molecular flexibility index (Phi) is 5.33. The fourth-order valence-corrected chi connectivity index (χ4v) is 1.39. The first-order valence-electron chi connectivity index (χ1n) is 5.29. The lowest BCUT2D eigenvalue weighted by atomic mass is 10.3. The number of halogens is 1. The number of nitrogens with one attached hydrogen (secondary N) is 1. The van der Waals surface area contributed by atoms with Crippen molar-refractivity contribution in [2.24, 2.45) is 0 Å². The molecule has 0 aromatic heterocycles. The maximum absolute atomic E-state index is 5.68. The number of ether oxygens (including phenoxy) is 1. The van der Waals surface area contributed by atoms with Crippen molar-refractivity contribution in [3.8, 4) is 5.75 Å². The fourth-order valence-electron chi connectivity index (χ4n) is 1.26. The van der Waals surface area contributed by atoms with Crippen LogP contribution in [-0.4, -0.2) is 18.5 Å². The third kappa shape index (κ3) is 4.43. The summed E-state index contributed by atoms with van der Waals surface area (Å²) in [5.41, 5.74) is 1.04. The Hall–Kier alpha value is -0.890. The van der Waals surface area contributed by atoms with Crippen LogP contribution in [0, 0.1) is 0 Å². The summed E-state index contributed by atoms with van der Waals surface area (Å²) in [7, 11) is 0. The molecule has 0 saturated carbocycles. The van der Waals surface area contributed by atoms with Crippen molar-refractivity contribution in [1.82, 2.24) is 0 Å². The molecule has 0 radical (unpaired) electrons. The highest BCUT2D eigenvalue weighted by Gasteiger charge is 2.03. The van der Waals surface area contributed by atoms with Crippen LogP contribution in [0.2, 0.25) is 0 Å². The summed E-state index contributed by atoms with van der Waals surface area (Å²) in [6.07, 6.45) is 1.15. The number of hydrogen-bond acceptors (Lipinski definition) is 2. The third-order valence-corrected chi connectivity index (χ3v) is 2.14. The molecule has 0 bridgehead atoms. The largest absolute Gasteiger partial charge is 0.489 e. The molecule has 0 aliphatic carbocycles. The summed E-state index contributed by atoms with van der Waals surface area (Å²) in [5, 5.41) is 3.31. The molecule has 15 heavy (non-hydrogen) atoms. The Morgan fingerprint density at radius 1 is 1.33 bits per heavy atom. The monoisotopic (exact) mass is 227 g/mol. The molecule has 1 rings (SSSR count). The van der Waals surface area contributed by atoms with Crippen LogP contribution in [0.5, 0.6) is 5.75 Å². The predicted octanol–water partition coefficient (Wildman–Crippen LogP) is 3.51. The zero-order valence-corrected chi connectivity index (χ0v) is 10.1. The minimum Gasteiger partial charge on any atom is -0.489 e. The molecule has 1 aromatic rings. The standard InChI is InChI=1S/C12H18ClNO/c1-10(2)15-12-7-4-3-6-11(12)14-9-5-8-13/h3-4,6-7,10,14H,5,8-9H2,1-2H3. The molecule has 0 unspecified atom stereocenters. The molecular weight excluding hydrogens is 210 g/mol. The van der Waals surface area contributed by atoms with Crippen molar-refractivity contribution in [2.45, 2.75) is 26.4 Å². The average molecular weight is 228 g/mol. The molecule has 0 spiro atoms. The van der Waals surface area contributed by atoms with Gasteiger partial charge in [-0.1, -0.05) is 12.1 Å². The third-order valence-electron chi connectivity index (χ3n) is 1.88. The molecule has 84 valence electrons. The molecule has 0 saturated heterocycles. The number of anilines is 1. The lowest BCUT2D eigenvalue weighted by molar-refractivity contribution is 0.243. The molecule has 0 atom stereocenters. The summed E-state index contributed by atoms with van der Waals surface area (Å²) in [5.74, 6) is 1.59. The van der Waals surface area contributed by atoms with Crippen LogP contribution in [0.3, 0.4) is 0 Å². The topological polar surface area (TPSA) is 21.3 Å². The Bertz CT molecular complexity index is 289. The number of alkyl halides is 1. The summed E-state index contributed by atoms with van der Waals surface area (Å²) in [6, 6.07) is 7.97. The van der Waals surface area contributed by atoms with Crippen molar-refractivity contribution in [3.63, 3.8) is 0 Å². The van der Waals surface area contributed by atoms with Crippen molar-refractivity contribution >= 4 is 17.3 Å². The molecule has 3 heteroatoms. The number of hydrogen-bond donors (Lipinski definition) is 1. The van der Waals surface area contributed by atoms with Gasteiger partial charge in [0.1, 0.15) is 5.75 Å². The normalized spacial score (nSPS) is 10.4. The molecule has 0 amide bonds. The second kappa shape index (κ2) is 6.57. The van der Waals surface area contributed by atoms with E-state index in [2.05, 4.69) is 5.32 Å². The maximum Gasteiger partial charge on any atom is 0.142 e. The molecule has 0 aliphatic heterocycles. The van der Waals surface area contributed by atoms with E-state index in [9.17, 15) is 0 Å². The number of benzene rings is 1. The van der Waals surface area contributed by atoms with Gasteiger partial charge >= 0.3 is 0 Å². The van der Waals surface area contributed by atoms with Gasteiger partial charge in [0.2, 0.25) is 0 Å². The van der Waals surface area contributed by atoms with E-state index in [1.807, 2.05) is 38.1 Å². The summed E-state index contributed by atoms with van der Waals surface area (Å²) < 4.78 is 5.68. The average Bonchev–Trinajstić information content (AvgIpc) is 2.20. The van der Waals surface area contributed by atoms with Gasteiger partial charge in [0, 0.05) is 12.4 Å². The Balaban J connectivity index is 2.60. The van der Waals surface area contributed by atoms with Gasteiger partial charge in [-0.25, -0.2) is 0 Å². The van der Waals surface area contributed by atoms with Crippen LogP contribution in [0.25, 0.3) is 0 Å². The first-order valence-corrected chi connectivity index (χ1v) is 5.83. The van der Waals surface area contributed by atoms with Crippen molar-refractivity contribution < 1.29 is 4.74 Å². The molecular formula is C12H18ClNO. The summed E-state index contributed by atoms with van der Waals surface area (Å²) in [6.45, 7) is 4.92. The van der Waals surface area contributed by atoms with E-state index in [1.165, 1.54) is 0 Å². The van der Waals surface area contributed by atoms with Crippen LogP contribution in [0.1, 0.15) is 20.3 Å². The lowest BCUT2D eigenvalue weighted by Gasteiger charge is -2.15. The number of para-hydroxylation sites is 2. The van der Waals surface area contributed by atoms with Crippen molar-refractivity contribution in [1.29, 1.82) is 0 Å². The van der Waals surface area contributed by atoms with Gasteiger partial charge in [-0.3, -0.25) is 0 Å². The van der Waals surface area contributed by atoms with E-state index < -0.39 is 0 Å². The Morgan fingerprint density at radius 2 is 2.07 bits per heavy atom. The highest BCUT2D eigenvalue weighted by molar-refractivity contribution is 6.17. The first kappa shape index (κ1) is 12.2. The van der Waals surface area contributed by atoms with Gasteiger partial charge in [0.05, 0.1) is 11.8 Å². The second-order valence-electron chi connectivity index (χ2n) is 3.63. The van der Waals surface area contributed by atoms with Gasteiger partial charge in [-0.15, -0.1) is 11.6 Å². The van der Waals surface area contributed by atoms with Gasteiger partial charge in [0.25, 0.3) is 0 Å². The highest BCUT2D eigenvalue weighted by Crippen LogP contribution is 2.24. The molecule has 0 fully saturated rings. The van der Waals surface area contributed by atoms with Gasteiger partial charge in [0.15, 0.2) is 0 Å². The zero-order chi connectivity index (χ0) is 11.1. The minimum atomic E-state index is 0.195. The van der Waals surface area contributed by atoms with E-state index in [1.54, 1.807) is 0 Å². The molecule has 2 nitrogen and oxygen atoms in total. The van der Waals surface area contributed by atoms with Crippen LogP contribution < -0.4 is 10.1 Å². The van der Waals surface area contributed by atoms with Crippen molar-refractivity contribution in [3.05, 3.63) is 24.3 Å². The van der Waals surface area contributed by atoms with Crippen LogP contribution in [0.4, 0.5) is 5.69 Å². The first-order chi connectivity index (χ1) is 7.24. The van der Waals surface area contributed by atoms with Crippen LogP contribution in [0.15, 0.2) is 24.3 Å². The van der Waals surface area contributed by atoms with Gasteiger partial charge in [-0.2, -0.15) is 0 Å². The minimum absolute atomic E-state index is 0.195.